The van der Waals surface area contributed by atoms with Crippen LogP contribution in [0, 0.1) is 0 Å². The fourth-order valence-electron chi connectivity index (χ4n) is 4.57. The van der Waals surface area contributed by atoms with Crippen LogP contribution >= 0.6 is 0 Å². The molecule has 2 aliphatic heterocycles. The molecule has 0 saturated carbocycles. The van der Waals surface area contributed by atoms with Crippen molar-refractivity contribution in [2.75, 3.05) is 59.6 Å². The summed E-state index contributed by atoms with van der Waals surface area (Å²) in [5.74, 6) is 2.57. The zero-order chi connectivity index (χ0) is 21.8. The van der Waals surface area contributed by atoms with Gasteiger partial charge < -0.3 is 24.0 Å². The summed E-state index contributed by atoms with van der Waals surface area (Å²) < 4.78 is 16.7. The number of ether oxygens (including phenoxy) is 3. The Bertz CT molecular complexity index is 1060. The molecule has 3 heterocycles. The largest absolute Gasteiger partial charge is 0.495 e. The third-order valence-corrected chi connectivity index (χ3v) is 6.51. The topological polar surface area (TPSA) is 47.1 Å². The highest BCUT2D eigenvalue weighted by molar-refractivity contribution is 5.83. The Morgan fingerprint density at radius 2 is 1.62 bits per heavy atom. The van der Waals surface area contributed by atoms with Crippen molar-refractivity contribution in [1.29, 1.82) is 0 Å². The number of rotatable bonds is 7. The lowest BCUT2D eigenvalue weighted by Crippen LogP contribution is -2.47. The fourth-order valence-corrected chi connectivity index (χ4v) is 4.57. The molecule has 0 aliphatic carbocycles. The molecule has 0 atom stereocenters. The number of fused-ring (bicyclic) bond motifs is 2. The van der Waals surface area contributed by atoms with Gasteiger partial charge in [0, 0.05) is 44.7 Å². The molecule has 0 unspecified atom stereocenters. The molecule has 6 nitrogen and oxygen atoms in total. The molecule has 1 aromatic heterocycles. The molecule has 1 saturated heterocycles. The van der Waals surface area contributed by atoms with Gasteiger partial charge in [-0.1, -0.05) is 18.2 Å². The molecule has 2 aromatic carbocycles. The molecule has 1 fully saturated rings. The van der Waals surface area contributed by atoms with Crippen molar-refractivity contribution >= 4 is 10.9 Å². The summed E-state index contributed by atoms with van der Waals surface area (Å²) in [7, 11) is 1.69. The maximum atomic E-state index is 5.72. The summed E-state index contributed by atoms with van der Waals surface area (Å²) in [6, 6.07) is 14.8. The second-order valence-electron chi connectivity index (χ2n) is 8.52. The van der Waals surface area contributed by atoms with Gasteiger partial charge in [0.1, 0.15) is 19.0 Å². The molecule has 0 bridgehead atoms. The van der Waals surface area contributed by atoms with Crippen LogP contribution in [0.5, 0.6) is 17.2 Å². The molecule has 168 valence electrons. The van der Waals surface area contributed by atoms with E-state index in [1.807, 2.05) is 6.07 Å². The SMILES string of the molecule is COc1cnc2cccc(CCN3CCN(CCc4ccc5c(c4)OCCO5)CC3)c2c1. The number of hydrogen-bond acceptors (Lipinski definition) is 6. The minimum atomic E-state index is 0.640. The molecule has 0 spiro atoms. The lowest BCUT2D eigenvalue weighted by atomic mass is 10.0. The quantitative estimate of drug-likeness (QED) is 0.569. The molecular formula is C26H31N3O3. The van der Waals surface area contributed by atoms with Crippen LogP contribution in [0.3, 0.4) is 0 Å². The normalized spacial score (nSPS) is 16.9. The van der Waals surface area contributed by atoms with Gasteiger partial charge in [-0.15, -0.1) is 0 Å². The highest BCUT2D eigenvalue weighted by Crippen LogP contribution is 2.31. The Morgan fingerprint density at radius 3 is 2.41 bits per heavy atom. The first-order chi connectivity index (χ1) is 15.8. The smallest absolute Gasteiger partial charge is 0.161 e. The molecule has 0 N–H and O–H groups in total. The standard InChI is InChI=1S/C26H31N3O3/c1-30-22-18-23-21(3-2-4-24(23)27-19-22)8-10-29-13-11-28(12-14-29)9-7-20-5-6-25-26(17-20)32-16-15-31-25/h2-6,17-19H,7-16H2,1H3. The second kappa shape index (κ2) is 9.76. The van der Waals surface area contributed by atoms with Crippen LogP contribution in [0.4, 0.5) is 0 Å². The van der Waals surface area contributed by atoms with E-state index in [4.69, 9.17) is 14.2 Å². The minimum Gasteiger partial charge on any atom is -0.495 e. The predicted octanol–water partition coefficient (Wildman–Crippen LogP) is 3.42. The molecule has 32 heavy (non-hydrogen) atoms. The zero-order valence-electron chi connectivity index (χ0n) is 18.8. The zero-order valence-corrected chi connectivity index (χ0v) is 18.8. The molecular weight excluding hydrogens is 402 g/mol. The number of piperazine rings is 1. The highest BCUT2D eigenvalue weighted by Gasteiger charge is 2.18. The molecule has 0 amide bonds. The summed E-state index contributed by atoms with van der Waals surface area (Å²) in [5, 5.41) is 1.20. The summed E-state index contributed by atoms with van der Waals surface area (Å²) >= 11 is 0. The van der Waals surface area contributed by atoms with E-state index in [-0.39, 0.29) is 0 Å². The van der Waals surface area contributed by atoms with Gasteiger partial charge in [-0.3, -0.25) is 4.98 Å². The van der Waals surface area contributed by atoms with Gasteiger partial charge in [-0.05, 0) is 48.2 Å². The van der Waals surface area contributed by atoms with Gasteiger partial charge in [0.15, 0.2) is 11.5 Å². The Labute approximate surface area is 189 Å². The Morgan fingerprint density at radius 1 is 0.875 bits per heavy atom. The van der Waals surface area contributed by atoms with Crippen molar-refractivity contribution in [3.05, 3.63) is 59.8 Å². The van der Waals surface area contributed by atoms with Crippen LogP contribution in [-0.2, 0) is 12.8 Å². The summed E-state index contributed by atoms with van der Waals surface area (Å²) in [5.41, 5.74) is 3.69. The van der Waals surface area contributed by atoms with Gasteiger partial charge in [-0.2, -0.15) is 0 Å². The van der Waals surface area contributed by atoms with Gasteiger partial charge in [-0.25, -0.2) is 0 Å². The summed E-state index contributed by atoms with van der Waals surface area (Å²) in [6.07, 6.45) is 3.86. The van der Waals surface area contributed by atoms with E-state index < -0.39 is 0 Å². The maximum Gasteiger partial charge on any atom is 0.161 e. The fraction of sp³-hybridized carbons (Fsp3) is 0.423. The molecule has 6 heteroatoms. The van der Waals surface area contributed by atoms with Gasteiger partial charge >= 0.3 is 0 Å². The summed E-state index contributed by atoms with van der Waals surface area (Å²) in [6.45, 7) is 7.92. The lowest BCUT2D eigenvalue weighted by Gasteiger charge is -2.34. The predicted molar refractivity (Wildman–Crippen MR) is 126 cm³/mol. The number of methoxy groups -OCH3 is 1. The maximum absolute atomic E-state index is 5.72. The van der Waals surface area contributed by atoms with E-state index in [1.165, 1.54) is 16.5 Å². The van der Waals surface area contributed by atoms with Crippen molar-refractivity contribution in [2.45, 2.75) is 12.8 Å². The third kappa shape index (κ3) is 4.81. The van der Waals surface area contributed by atoms with Crippen molar-refractivity contribution in [3.8, 4) is 17.2 Å². The van der Waals surface area contributed by atoms with Crippen LogP contribution in [0.2, 0.25) is 0 Å². The average molecular weight is 434 g/mol. The summed E-state index contributed by atoms with van der Waals surface area (Å²) in [4.78, 5) is 9.67. The van der Waals surface area contributed by atoms with Crippen molar-refractivity contribution < 1.29 is 14.2 Å². The van der Waals surface area contributed by atoms with E-state index >= 15 is 0 Å². The van der Waals surface area contributed by atoms with Crippen molar-refractivity contribution in [1.82, 2.24) is 14.8 Å². The van der Waals surface area contributed by atoms with E-state index in [2.05, 4.69) is 51.2 Å². The highest BCUT2D eigenvalue weighted by atomic mass is 16.6. The van der Waals surface area contributed by atoms with Crippen LogP contribution in [0.25, 0.3) is 10.9 Å². The van der Waals surface area contributed by atoms with E-state index in [0.29, 0.717) is 13.2 Å². The van der Waals surface area contributed by atoms with Crippen molar-refractivity contribution in [3.63, 3.8) is 0 Å². The van der Waals surface area contributed by atoms with Crippen LogP contribution in [0.1, 0.15) is 11.1 Å². The minimum absolute atomic E-state index is 0.640. The first kappa shape index (κ1) is 21.0. The van der Waals surface area contributed by atoms with E-state index in [0.717, 1.165) is 74.9 Å². The molecule has 2 aliphatic rings. The third-order valence-electron chi connectivity index (χ3n) is 6.51. The monoisotopic (exact) mass is 433 g/mol. The number of aromatic nitrogens is 1. The molecule has 3 aromatic rings. The van der Waals surface area contributed by atoms with Crippen molar-refractivity contribution in [2.24, 2.45) is 0 Å². The first-order valence-corrected chi connectivity index (χ1v) is 11.5. The van der Waals surface area contributed by atoms with Gasteiger partial charge in [0.2, 0.25) is 0 Å². The number of pyridine rings is 1. The van der Waals surface area contributed by atoms with Crippen LogP contribution < -0.4 is 14.2 Å². The molecule has 5 rings (SSSR count). The van der Waals surface area contributed by atoms with Gasteiger partial charge in [0.05, 0.1) is 18.8 Å². The van der Waals surface area contributed by atoms with Crippen LogP contribution in [0.15, 0.2) is 48.7 Å². The first-order valence-electron chi connectivity index (χ1n) is 11.5. The molecule has 0 radical (unpaired) electrons. The Kier molecular flexibility index (Phi) is 6.41. The number of nitrogens with zero attached hydrogens (tertiary/aromatic N) is 3. The number of benzene rings is 2. The van der Waals surface area contributed by atoms with Crippen LogP contribution in [-0.4, -0.2) is 74.4 Å². The second-order valence-corrected chi connectivity index (χ2v) is 8.52. The number of hydrogen-bond donors (Lipinski definition) is 0. The average Bonchev–Trinajstić information content (AvgIpc) is 2.86. The van der Waals surface area contributed by atoms with E-state index in [9.17, 15) is 0 Å². The van der Waals surface area contributed by atoms with Gasteiger partial charge in [0.25, 0.3) is 0 Å². The lowest BCUT2D eigenvalue weighted by molar-refractivity contribution is 0.134. The Hall–Kier alpha value is -2.83. The van der Waals surface area contributed by atoms with E-state index in [1.54, 1.807) is 13.3 Å². The Balaban J connectivity index is 1.10.